The summed E-state index contributed by atoms with van der Waals surface area (Å²) in [6.45, 7) is 4.83. The van der Waals surface area contributed by atoms with Crippen molar-refractivity contribution < 1.29 is 19.4 Å². The number of carbonyl (C=O) groups is 2. The Morgan fingerprint density at radius 2 is 2.04 bits per heavy atom. The van der Waals surface area contributed by atoms with Gasteiger partial charge in [-0.3, -0.25) is 4.79 Å². The number of benzene rings is 1. The zero-order valence-electron chi connectivity index (χ0n) is 13.6. The van der Waals surface area contributed by atoms with Crippen LogP contribution in [0.3, 0.4) is 0 Å². The lowest BCUT2D eigenvalue weighted by atomic mass is 10.0. The summed E-state index contributed by atoms with van der Waals surface area (Å²) in [6, 6.07) is 6.89. The number of carboxylic acids is 1. The average molecular weight is 329 g/mol. The minimum absolute atomic E-state index is 0.155. The molecule has 1 amide bonds. The highest BCUT2D eigenvalue weighted by Crippen LogP contribution is 2.19. The first kappa shape index (κ1) is 16.2. The molecule has 1 aromatic carbocycles. The van der Waals surface area contributed by atoms with E-state index in [2.05, 4.69) is 10.4 Å². The molecule has 1 fully saturated rings. The third-order valence-corrected chi connectivity index (χ3v) is 4.25. The maximum Gasteiger partial charge on any atom is 0.339 e. The van der Waals surface area contributed by atoms with Crippen LogP contribution in [0.1, 0.15) is 39.8 Å². The summed E-state index contributed by atoms with van der Waals surface area (Å²) in [4.78, 5) is 23.4. The lowest BCUT2D eigenvalue weighted by Crippen LogP contribution is -2.46. The van der Waals surface area contributed by atoms with Gasteiger partial charge in [0.15, 0.2) is 0 Å². The molecule has 2 N–H and O–H groups in total. The first-order valence-electron chi connectivity index (χ1n) is 7.68. The molecule has 1 saturated heterocycles. The number of amides is 1. The van der Waals surface area contributed by atoms with E-state index in [0.717, 1.165) is 6.42 Å². The van der Waals surface area contributed by atoms with Gasteiger partial charge in [0.1, 0.15) is 5.56 Å². The van der Waals surface area contributed by atoms with E-state index in [-0.39, 0.29) is 17.0 Å². The van der Waals surface area contributed by atoms with Gasteiger partial charge in [-0.2, -0.15) is 5.10 Å². The summed E-state index contributed by atoms with van der Waals surface area (Å²) in [5.74, 6) is -1.17. The van der Waals surface area contributed by atoms with Gasteiger partial charge >= 0.3 is 5.97 Å². The number of hydrogen-bond donors (Lipinski definition) is 2. The third kappa shape index (κ3) is 3.03. The lowest BCUT2D eigenvalue weighted by molar-refractivity contribution is 0.0695. The molecule has 3 rings (SSSR count). The van der Waals surface area contributed by atoms with Crippen molar-refractivity contribution in [1.29, 1.82) is 0 Å². The van der Waals surface area contributed by atoms with E-state index in [9.17, 15) is 9.59 Å². The SMILES string of the molecule is Cc1c(C(=O)O)cnn1-c1ccc(C(=O)N[C@]2(C)CCOC2)cc1. The molecule has 0 aliphatic carbocycles. The van der Waals surface area contributed by atoms with Crippen molar-refractivity contribution in [1.82, 2.24) is 15.1 Å². The maximum absolute atomic E-state index is 12.3. The molecule has 2 aromatic rings. The minimum Gasteiger partial charge on any atom is -0.478 e. The van der Waals surface area contributed by atoms with Crippen LogP contribution in [-0.4, -0.2) is 45.5 Å². The molecular formula is C17H19N3O4. The van der Waals surface area contributed by atoms with Crippen molar-refractivity contribution in [3.8, 4) is 5.69 Å². The molecule has 1 aliphatic rings. The van der Waals surface area contributed by atoms with Crippen molar-refractivity contribution in [3.63, 3.8) is 0 Å². The molecule has 0 bridgehead atoms. The van der Waals surface area contributed by atoms with Crippen LogP contribution in [0, 0.1) is 6.92 Å². The van der Waals surface area contributed by atoms with Crippen LogP contribution in [0.5, 0.6) is 0 Å². The summed E-state index contributed by atoms with van der Waals surface area (Å²) in [7, 11) is 0. The summed E-state index contributed by atoms with van der Waals surface area (Å²) in [5.41, 5.74) is 1.61. The number of nitrogens with zero attached hydrogens (tertiary/aromatic N) is 2. The van der Waals surface area contributed by atoms with E-state index in [1.807, 2.05) is 6.92 Å². The smallest absolute Gasteiger partial charge is 0.339 e. The topological polar surface area (TPSA) is 93.5 Å². The van der Waals surface area contributed by atoms with Crippen LogP contribution in [0.4, 0.5) is 0 Å². The van der Waals surface area contributed by atoms with Crippen LogP contribution in [0.2, 0.25) is 0 Å². The predicted octanol–water partition coefficient (Wildman–Crippen LogP) is 1.79. The molecule has 1 aliphatic heterocycles. The second-order valence-corrected chi connectivity index (χ2v) is 6.22. The molecule has 126 valence electrons. The first-order valence-corrected chi connectivity index (χ1v) is 7.68. The maximum atomic E-state index is 12.3. The molecule has 1 aromatic heterocycles. The molecule has 24 heavy (non-hydrogen) atoms. The van der Waals surface area contributed by atoms with Gasteiger partial charge < -0.3 is 15.2 Å². The van der Waals surface area contributed by atoms with E-state index in [1.54, 1.807) is 31.2 Å². The highest BCUT2D eigenvalue weighted by Gasteiger charge is 2.31. The molecule has 0 saturated carbocycles. The quantitative estimate of drug-likeness (QED) is 0.892. The van der Waals surface area contributed by atoms with Gasteiger partial charge in [0.2, 0.25) is 0 Å². The Labute approximate surface area is 139 Å². The van der Waals surface area contributed by atoms with Gasteiger partial charge in [-0.1, -0.05) is 0 Å². The summed E-state index contributed by atoms with van der Waals surface area (Å²) in [6.07, 6.45) is 2.11. The van der Waals surface area contributed by atoms with Crippen LogP contribution in [0.15, 0.2) is 30.5 Å². The number of carboxylic acid groups (broad SMARTS) is 1. The predicted molar refractivity (Wildman–Crippen MR) is 86.6 cm³/mol. The Hall–Kier alpha value is -2.67. The highest BCUT2D eigenvalue weighted by atomic mass is 16.5. The van der Waals surface area contributed by atoms with Crippen molar-refractivity contribution >= 4 is 11.9 Å². The van der Waals surface area contributed by atoms with Gasteiger partial charge in [-0.05, 0) is 44.5 Å². The third-order valence-electron chi connectivity index (χ3n) is 4.25. The van der Waals surface area contributed by atoms with E-state index < -0.39 is 5.97 Å². The normalized spacial score (nSPS) is 20.1. The van der Waals surface area contributed by atoms with Gasteiger partial charge in [0, 0.05) is 12.2 Å². The van der Waals surface area contributed by atoms with Crippen LogP contribution in [0.25, 0.3) is 5.69 Å². The Morgan fingerprint density at radius 3 is 2.58 bits per heavy atom. The second-order valence-electron chi connectivity index (χ2n) is 6.22. The molecule has 0 unspecified atom stereocenters. The molecule has 7 heteroatoms. The fraction of sp³-hybridized carbons (Fsp3) is 0.353. The van der Waals surface area contributed by atoms with E-state index in [1.165, 1.54) is 10.9 Å². The molecular weight excluding hydrogens is 310 g/mol. The Balaban J connectivity index is 1.78. The van der Waals surface area contributed by atoms with E-state index >= 15 is 0 Å². The highest BCUT2D eigenvalue weighted by molar-refractivity contribution is 5.95. The van der Waals surface area contributed by atoms with Crippen molar-refractivity contribution in [2.45, 2.75) is 25.8 Å². The van der Waals surface area contributed by atoms with Crippen LogP contribution < -0.4 is 5.32 Å². The number of rotatable bonds is 4. The molecule has 0 spiro atoms. The first-order chi connectivity index (χ1) is 11.4. The number of hydrogen-bond acceptors (Lipinski definition) is 4. The van der Waals surface area contributed by atoms with Crippen LogP contribution >= 0.6 is 0 Å². The fourth-order valence-corrected chi connectivity index (χ4v) is 2.75. The zero-order valence-corrected chi connectivity index (χ0v) is 13.6. The molecule has 2 heterocycles. The average Bonchev–Trinajstić information content (AvgIpc) is 3.13. The van der Waals surface area contributed by atoms with Crippen molar-refractivity contribution in [2.75, 3.05) is 13.2 Å². The fourth-order valence-electron chi connectivity index (χ4n) is 2.75. The second kappa shape index (κ2) is 6.09. The summed E-state index contributed by atoms with van der Waals surface area (Å²) < 4.78 is 6.87. The van der Waals surface area contributed by atoms with Crippen LogP contribution in [-0.2, 0) is 4.74 Å². The van der Waals surface area contributed by atoms with E-state index in [0.29, 0.717) is 30.2 Å². The molecule has 0 radical (unpaired) electrons. The summed E-state index contributed by atoms with van der Waals surface area (Å²) in [5, 5.41) is 16.2. The number of aromatic carboxylic acids is 1. The Morgan fingerprint density at radius 1 is 1.33 bits per heavy atom. The van der Waals surface area contributed by atoms with Gasteiger partial charge in [-0.15, -0.1) is 0 Å². The van der Waals surface area contributed by atoms with Gasteiger partial charge in [0.25, 0.3) is 5.91 Å². The number of nitrogens with one attached hydrogen (secondary N) is 1. The summed E-state index contributed by atoms with van der Waals surface area (Å²) >= 11 is 0. The zero-order chi connectivity index (χ0) is 17.3. The van der Waals surface area contributed by atoms with Gasteiger partial charge in [-0.25, -0.2) is 9.48 Å². The largest absolute Gasteiger partial charge is 0.478 e. The number of aromatic nitrogens is 2. The lowest BCUT2D eigenvalue weighted by Gasteiger charge is -2.23. The Kier molecular flexibility index (Phi) is 4.11. The standard InChI is InChI=1S/C17H19N3O4/c1-11-14(16(22)23)9-18-20(11)13-5-3-12(4-6-13)15(21)19-17(2)7-8-24-10-17/h3-6,9H,7-8,10H2,1-2H3,(H,19,21)(H,22,23)/t17-/m1/s1. The molecule has 1 atom stereocenters. The monoisotopic (exact) mass is 329 g/mol. The van der Waals surface area contributed by atoms with Crippen molar-refractivity contribution in [2.24, 2.45) is 0 Å². The number of carbonyl (C=O) groups excluding carboxylic acids is 1. The molecule has 7 nitrogen and oxygen atoms in total. The van der Waals surface area contributed by atoms with Crippen molar-refractivity contribution in [3.05, 3.63) is 47.3 Å². The Bertz CT molecular complexity index is 774. The number of ether oxygens (including phenoxy) is 1. The minimum atomic E-state index is -1.01. The van der Waals surface area contributed by atoms with E-state index in [4.69, 9.17) is 9.84 Å². The van der Waals surface area contributed by atoms with Gasteiger partial charge in [0.05, 0.1) is 29.7 Å².